The SMILES string of the molecule is C=C(C)C(=O)OC12CC3CC(C1)C(OC(C)C(=O)OC(C(F)(F)F)C(F)(F)F)C(C3)C2. The van der Waals surface area contributed by atoms with Gasteiger partial charge in [0.2, 0.25) is 0 Å². The summed E-state index contributed by atoms with van der Waals surface area (Å²) >= 11 is 0. The van der Waals surface area contributed by atoms with Crippen LogP contribution in [0.15, 0.2) is 12.2 Å². The molecule has 176 valence electrons. The zero-order valence-corrected chi connectivity index (χ0v) is 17.0. The predicted octanol–water partition coefficient (Wildman–Crippen LogP) is 4.49. The monoisotopic (exact) mass is 458 g/mol. The van der Waals surface area contributed by atoms with E-state index >= 15 is 0 Å². The second-order valence-electron chi connectivity index (χ2n) is 8.97. The van der Waals surface area contributed by atoms with E-state index in [-0.39, 0.29) is 23.3 Å². The molecule has 4 rings (SSSR count). The van der Waals surface area contributed by atoms with Crippen LogP contribution in [0.1, 0.15) is 46.0 Å². The number of esters is 2. The van der Waals surface area contributed by atoms with Crippen molar-refractivity contribution in [2.75, 3.05) is 0 Å². The van der Waals surface area contributed by atoms with Crippen molar-refractivity contribution in [3.63, 3.8) is 0 Å². The molecular weight excluding hydrogens is 434 g/mol. The molecule has 4 aliphatic rings. The molecule has 31 heavy (non-hydrogen) atoms. The highest BCUT2D eigenvalue weighted by Crippen LogP contribution is 2.58. The van der Waals surface area contributed by atoms with Gasteiger partial charge in [0.05, 0.1) is 6.10 Å². The number of ether oxygens (including phenoxy) is 3. The quantitative estimate of drug-likeness (QED) is 0.333. The maximum atomic E-state index is 12.7. The molecule has 4 saturated carbocycles. The normalized spacial score (nSPS) is 33.3. The molecule has 0 aromatic carbocycles. The van der Waals surface area contributed by atoms with Crippen molar-refractivity contribution in [1.82, 2.24) is 0 Å². The third kappa shape index (κ3) is 5.01. The Bertz CT molecular complexity index is 715. The zero-order valence-electron chi connectivity index (χ0n) is 17.0. The molecule has 0 aliphatic heterocycles. The molecule has 0 heterocycles. The van der Waals surface area contributed by atoms with Crippen molar-refractivity contribution in [3.8, 4) is 0 Å². The van der Waals surface area contributed by atoms with Gasteiger partial charge in [-0.1, -0.05) is 6.58 Å². The van der Waals surface area contributed by atoms with Crippen LogP contribution < -0.4 is 0 Å². The Morgan fingerprint density at radius 3 is 1.97 bits per heavy atom. The van der Waals surface area contributed by atoms with Crippen LogP contribution in [0.2, 0.25) is 0 Å². The summed E-state index contributed by atoms with van der Waals surface area (Å²) in [6.45, 7) is 6.19. The molecule has 0 N–H and O–H groups in total. The van der Waals surface area contributed by atoms with E-state index in [9.17, 15) is 35.9 Å². The smallest absolute Gasteiger partial charge is 0.434 e. The van der Waals surface area contributed by atoms with Crippen molar-refractivity contribution in [2.24, 2.45) is 17.8 Å². The first kappa shape index (κ1) is 23.9. The lowest BCUT2D eigenvalue weighted by atomic mass is 9.53. The van der Waals surface area contributed by atoms with E-state index in [1.807, 2.05) is 0 Å². The average Bonchev–Trinajstić information content (AvgIpc) is 2.59. The third-order valence-electron chi connectivity index (χ3n) is 6.31. The molecule has 5 nitrogen and oxygen atoms in total. The highest BCUT2D eigenvalue weighted by Gasteiger charge is 2.61. The predicted molar refractivity (Wildman–Crippen MR) is 93.5 cm³/mol. The van der Waals surface area contributed by atoms with Crippen molar-refractivity contribution >= 4 is 11.9 Å². The van der Waals surface area contributed by atoms with Crippen LogP contribution in [0.25, 0.3) is 0 Å². The van der Waals surface area contributed by atoms with Gasteiger partial charge < -0.3 is 14.2 Å². The lowest BCUT2D eigenvalue weighted by molar-refractivity contribution is -0.316. The summed E-state index contributed by atoms with van der Waals surface area (Å²) in [6.07, 6.45) is -14.9. The first-order valence-electron chi connectivity index (χ1n) is 9.99. The fourth-order valence-electron chi connectivity index (χ4n) is 5.36. The van der Waals surface area contributed by atoms with E-state index in [0.717, 1.165) is 19.8 Å². The summed E-state index contributed by atoms with van der Waals surface area (Å²) in [5, 5.41) is 0. The van der Waals surface area contributed by atoms with Gasteiger partial charge in [-0.2, -0.15) is 26.3 Å². The first-order valence-corrected chi connectivity index (χ1v) is 9.99. The summed E-state index contributed by atoms with van der Waals surface area (Å²) in [7, 11) is 0. The van der Waals surface area contributed by atoms with Crippen LogP contribution in [0.5, 0.6) is 0 Å². The molecule has 0 aromatic heterocycles. The molecule has 11 heteroatoms. The van der Waals surface area contributed by atoms with E-state index in [1.165, 1.54) is 6.92 Å². The fraction of sp³-hybridized carbons (Fsp3) is 0.800. The van der Waals surface area contributed by atoms with Gasteiger partial charge in [-0.3, -0.25) is 0 Å². The molecule has 3 unspecified atom stereocenters. The molecule has 0 saturated heterocycles. The molecule has 3 atom stereocenters. The summed E-state index contributed by atoms with van der Waals surface area (Å²) in [6, 6.07) is 0. The zero-order chi connectivity index (χ0) is 23.4. The van der Waals surface area contributed by atoms with Crippen molar-refractivity contribution in [2.45, 2.75) is 82.2 Å². The number of hydrogen-bond acceptors (Lipinski definition) is 5. The van der Waals surface area contributed by atoms with Crippen LogP contribution in [-0.4, -0.2) is 48.2 Å². The summed E-state index contributed by atoms with van der Waals surface area (Å²) in [5.74, 6) is -2.20. The van der Waals surface area contributed by atoms with E-state index < -0.39 is 48.2 Å². The minimum atomic E-state index is -5.78. The second kappa shape index (κ2) is 7.97. The highest BCUT2D eigenvalue weighted by atomic mass is 19.4. The van der Waals surface area contributed by atoms with Crippen LogP contribution in [0.3, 0.4) is 0 Å². The van der Waals surface area contributed by atoms with Crippen LogP contribution >= 0.6 is 0 Å². The molecule has 0 radical (unpaired) electrons. The Hall–Kier alpha value is -1.78. The molecule has 0 amide bonds. The van der Waals surface area contributed by atoms with E-state index in [0.29, 0.717) is 19.3 Å². The lowest BCUT2D eigenvalue weighted by Gasteiger charge is -2.59. The standard InChI is InChI=1S/C20H24F6O5/c1-9(2)15(27)31-18-6-11-4-12(7-18)14(13(5-11)8-18)29-10(3)16(28)30-17(19(21,22)23)20(24,25)26/h10-14,17H,1,4-8H2,2-3H3. The first-order chi connectivity index (χ1) is 14.1. The Morgan fingerprint density at radius 1 is 1.00 bits per heavy atom. The molecule has 4 bridgehead atoms. The molecule has 0 aromatic rings. The minimum absolute atomic E-state index is 0.125. The minimum Gasteiger partial charge on any atom is -0.456 e. The fourth-order valence-corrected chi connectivity index (χ4v) is 5.36. The largest absolute Gasteiger partial charge is 0.456 e. The van der Waals surface area contributed by atoms with E-state index in [1.54, 1.807) is 0 Å². The van der Waals surface area contributed by atoms with E-state index in [2.05, 4.69) is 11.3 Å². The molecule has 4 aliphatic carbocycles. The topological polar surface area (TPSA) is 61.8 Å². The maximum Gasteiger partial charge on any atom is 0.434 e. The van der Waals surface area contributed by atoms with Gasteiger partial charge in [0.1, 0.15) is 5.60 Å². The van der Waals surface area contributed by atoms with Crippen LogP contribution in [0.4, 0.5) is 26.3 Å². The Kier molecular flexibility index (Phi) is 6.14. The summed E-state index contributed by atoms with van der Waals surface area (Å²) < 4.78 is 91.0. The van der Waals surface area contributed by atoms with Gasteiger partial charge in [0.25, 0.3) is 6.10 Å². The average molecular weight is 458 g/mol. The van der Waals surface area contributed by atoms with E-state index in [4.69, 9.17) is 9.47 Å². The number of rotatable bonds is 6. The number of alkyl halides is 6. The van der Waals surface area contributed by atoms with Gasteiger partial charge in [-0.15, -0.1) is 0 Å². The van der Waals surface area contributed by atoms with Gasteiger partial charge in [-0.05, 0) is 63.7 Å². The maximum absolute atomic E-state index is 12.7. The Balaban J connectivity index is 1.66. The molecular formula is C20H24F6O5. The number of carbonyl (C=O) groups excluding carboxylic acids is 2. The summed E-state index contributed by atoms with van der Waals surface area (Å²) in [4.78, 5) is 24.0. The van der Waals surface area contributed by atoms with Gasteiger partial charge in [0.15, 0.2) is 6.10 Å². The Labute approximate surface area is 175 Å². The number of halogens is 6. The van der Waals surface area contributed by atoms with Gasteiger partial charge in [0, 0.05) is 5.57 Å². The van der Waals surface area contributed by atoms with Crippen LogP contribution in [-0.2, 0) is 23.8 Å². The lowest BCUT2D eigenvalue weighted by Crippen LogP contribution is -2.60. The summed E-state index contributed by atoms with van der Waals surface area (Å²) in [5.41, 5.74) is -0.405. The number of carbonyl (C=O) groups is 2. The van der Waals surface area contributed by atoms with Gasteiger partial charge in [-0.25, -0.2) is 9.59 Å². The molecule has 4 fully saturated rings. The third-order valence-corrected chi connectivity index (χ3v) is 6.31. The Morgan fingerprint density at radius 2 is 1.52 bits per heavy atom. The van der Waals surface area contributed by atoms with Crippen LogP contribution in [0, 0.1) is 17.8 Å². The number of hydrogen-bond donors (Lipinski definition) is 0. The molecule has 0 spiro atoms. The van der Waals surface area contributed by atoms with Crippen molar-refractivity contribution < 1.29 is 50.1 Å². The highest BCUT2D eigenvalue weighted by molar-refractivity contribution is 5.87. The van der Waals surface area contributed by atoms with Gasteiger partial charge >= 0.3 is 24.3 Å². The van der Waals surface area contributed by atoms with Crippen molar-refractivity contribution in [1.29, 1.82) is 0 Å². The van der Waals surface area contributed by atoms with Crippen molar-refractivity contribution in [3.05, 3.63) is 12.2 Å². The second-order valence-corrected chi connectivity index (χ2v) is 8.97.